The van der Waals surface area contributed by atoms with E-state index >= 15 is 0 Å². The summed E-state index contributed by atoms with van der Waals surface area (Å²) in [7, 11) is 0. The lowest BCUT2D eigenvalue weighted by atomic mass is 10.0. The van der Waals surface area contributed by atoms with Crippen LogP contribution in [0.3, 0.4) is 0 Å². The van der Waals surface area contributed by atoms with Crippen LogP contribution in [0.1, 0.15) is 37.1 Å². The fraction of sp³-hybridized carbons (Fsp3) is 0.667. The highest BCUT2D eigenvalue weighted by atomic mass is 79.9. The third-order valence-corrected chi connectivity index (χ3v) is 5.25. The molecule has 0 amide bonds. The van der Waals surface area contributed by atoms with Gasteiger partial charge in [-0.25, -0.2) is 0 Å². The zero-order chi connectivity index (χ0) is 11.5. The largest absolute Gasteiger partial charge is 0.396 e. The highest BCUT2D eigenvalue weighted by molar-refractivity contribution is 9.10. The number of halogens is 1. The summed E-state index contributed by atoms with van der Waals surface area (Å²) in [4.78, 5) is 1.36. The molecule has 1 aliphatic carbocycles. The van der Waals surface area contributed by atoms with Crippen molar-refractivity contribution in [3.8, 4) is 0 Å². The van der Waals surface area contributed by atoms with Crippen LogP contribution in [0.25, 0.3) is 0 Å². The Morgan fingerprint density at radius 2 is 2.44 bits per heavy atom. The van der Waals surface area contributed by atoms with Crippen LogP contribution in [-0.4, -0.2) is 17.8 Å². The Bertz CT molecular complexity index is 342. The van der Waals surface area contributed by atoms with Gasteiger partial charge in [0.25, 0.3) is 0 Å². The van der Waals surface area contributed by atoms with Crippen LogP contribution in [0, 0.1) is 5.92 Å². The fourth-order valence-corrected chi connectivity index (χ4v) is 3.90. The Morgan fingerprint density at radius 3 is 3.06 bits per heavy atom. The van der Waals surface area contributed by atoms with Crippen molar-refractivity contribution in [2.45, 2.75) is 38.3 Å². The van der Waals surface area contributed by atoms with Crippen LogP contribution in [0.5, 0.6) is 0 Å². The average Bonchev–Trinajstić information content (AvgIpc) is 2.86. The lowest BCUT2D eigenvalue weighted by Gasteiger charge is -2.23. The van der Waals surface area contributed by atoms with Gasteiger partial charge in [0.15, 0.2) is 0 Å². The molecule has 1 aromatic heterocycles. The zero-order valence-electron chi connectivity index (χ0n) is 9.45. The summed E-state index contributed by atoms with van der Waals surface area (Å²) in [6.07, 6.45) is 3.60. The number of hydrogen-bond donors (Lipinski definition) is 2. The van der Waals surface area contributed by atoms with Gasteiger partial charge in [-0.2, -0.15) is 0 Å². The van der Waals surface area contributed by atoms with Gasteiger partial charge in [-0.05, 0) is 47.7 Å². The molecule has 0 aromatic carbocycles. The highest BCUT2D eigenvalue weighted by Gasteiger charge is 2.27. The van der Waals surface area contributed by atoms with Gasteiger partial charge >= 0.3 is 0 Å². The maximum atomic E-state index is 9.28. The normalized spacial score (nSPS) is 27.2. The van der Waals surface area contributed by atoms with Crippen molar-refractivity contribution >= 4 is 27.3 Å². The molecule has 0 saturated heterocycles. The van der Waals surface area contributed by atoms with Crippen molar-refractivity contribution < 1.29 is 5.11 Å². The van der Waals surface area contributed by atoms with Gasteiger partial charge in [0.1, 0.15) is 0 Å². The van der Waals surface area contributed by atoms with Crippen molar-refractivity contribution in [1.29, 1.82) is 0 Å². The minimum Gasteiger partial charge on any atom is -0.396 e. The summed E-state index contributed by atoms with van der Waals surface area (Å²) in [5.41, 5.74) is 0. The van der Waals surface area contributed by atoms with Gasteiger partial charge < -0.3 is 10.4 Å². The van der Waals surface area contributed by atoms with Crippen molar-refractivity contribution in [2.75, 3.05) is 6.61 Å². The van der Waals surface area contributed by atoms with Crippen molar-refractivity contribution in [3.63, 3.8) is 0 Å². The Morgan fingerprint density at radius 1 is 1.62 bits per heavy atom. The molecule has 0 spiro atoms. The Hall–Kier alpha value is 0.1000. The van der Waals surface area contributed by atoms with Crippen molar-refractivity contribution in [3.05, 3.63) is 20.8 Å². The molecule has 1 heterocycles. The summed E-state index contributed by atoms with van der Waals surface area (Å²) in [5, 5.41) is 15.0. The highest BCUT2D eigenvalue weighted by Crippen LogP contribution is 2.30. The lowest BCUT2D eigenvalue weighted by Crippen LogP contribution is -2.35. The summed E-state index contributed by atoms with van der Waals surface area (Å²) >= 11 is 5.26. The fourth-order valence-electron chi connectivity index (χ4n) is 2.43. The molecule has 0 radical (unpaired) electrons. The predicted molar refractivity (Wildman–Crippen MR) is 71.8 cm³/mol. The van der Waals surface area contributed by atoms with Gasteiger partial charge in [-0.15, -0.1) is 11.3 Å². The molecule has 90 valence electrons. The minimum atomic E-state index is 0.318. The lowest BCUT2D eigenvalue weighted by molar-refractivity contribution is 0.201. The molecule has 3 unspecified atom stereocenters. The minimum absolute atomic E-state index is 0.318. The molecular weight excluding hydrogens is 286 g/mol. The van der Waals surface area contributed by atoms with E-state index < -0.39 is 0 Å². The van der Waals surface area contributed by atoms with Crippen LogP contribution in [0.15, 0.2) is 15.9 Å². The molecule has 2 N–H and O–H groups in total. The molecule has 0 aliphatic heterocycles. The summed E-state index contributed by atoms with van der Waals surface area (Å²) in [6, 6.07) is 3.04. The Kier molecular flexibility index (Phi) is 4.41. The van der Waals surface area contributed by atoms with Crippen LogP contribution >= 0.6 is 27.3 Å². The van der Waals surface area contributed by atoms with E-state index in [-0.39, 0.29) is 0 Å². The second-order valence-corrected chi connectivity index (χ2v) is 6.39. The second kappa shape index (κ2) is 5.63. The van der Waals surface area contributed by atoms with E-state index in [0.717, 1.165) is 10.9 Å². The number of thiophene rings is 1. The molecule has 4 heteroatoms. The van der Waals surface area contributed by atoms with Crippen LogP contribution in [0.2, 0.25) is 0 Å². The molecule has 1 aromatic rings. The number of aliphatic hydroxyl groups is 1. The number of nitrogens with one attached hydrogen (secondary N) is 1. The number of hydrogen-bond acceptors (Lipinski definition) is 3. The third-order valence-electron chi connectivity index (χ3n) is 3.37. The second-order valence-electron chi connectivity index (χ2n) is 4.54. The molecule has 1 fully saturated rings. The first-order valence-electron chi connectivity index (χ1n) is 5.81. The van der Waals surface area contributed by atoms with E-state index in [4.69, 9.17) is 0 Å². The van der Waals surface area contributed by atoms with Crippen LogP contribution in [-0.2, 0) is 0 Å². The third kappa shape index (κ3) is 2.86. The maximum Gasteiger partial charge on any atom is 0.0474 e. The SMILES string of the molecule is CC(NC1CCCC1CO)c1cc(Br)cs1. The quantitative estimate of drug-likeness (QED) is 0.894. The molecule has 2 rings (SSSR count). The molecule has 1 aliphatic rings. The number of rotatable bonds is 4. The zero-order valence-corrected chi connectivity index (χ0v) is 11.9. The van der Waals surface area contributed by atoms with E-state index in [0.29, 0.717) is 24.6 Å². The summed E-state index contributed by atoms with van der Waals surface area (Å²) in [5.74, 6) is 0.450. The molecule has 16 heavy (non-hydrogen) atoms. The smallest absolute Gasteiger partial charge is 0.0474 e. The monoisotopic (exact) mass is 303 g/mol. The first kappa shape index (κ1) is 12.6. The first-order chi connectivity index (χ1) is 7.70. The summed E-state index contributed by atoms with van der Waals surface area (Å²) in [6.45, 7) is 2.52. The topological polar surface area (TPSA) is 32.3 Å². The molecule has 3 atom stereocenters. The maximum absolute atomic E-state index is 9.28. The van der Waals surface area contributed by atoms with E-state index in [1.165, 1.54) is 17.7 Å². The molecule has 0 bridgehead atoms. The van der Waals surface area contributed by atoms with E-state index in [9.17, 15) is 5.11 Å². The Labute approximate surface area is 109 Å². The van der Waals surface area contributed by atoms with E-state index in [1.807, 2.05) is 0 Å². The number of aliphatic hydroxyl groups excluding tert-OH is 1. The van der Waals surface area contributed by atoms with Gasteiger partial charge in [0, 0.05) is 33.4 Å². The van der Waals surface area contributed by atoms with Crippen molar-refractivity contribution in [2.24, 2.45) is 5.92 Å². The van der Waals surface area contributed by atoms with Crippen LogP contribution < -0.4 is 5.32 Å². The van der Waals surface area contributed by atoms with Crippen molar-refractivity contribution in [1.82, 2.24) is 5.32 Å². The van der Waals surface area contributed by atoms with Crippen LogP contribution in [0.4, 0.5) is 0 Å². The van der Waals surface area contributed by atoms with Gasteiger partial charge in [0.05, 0.1) is 0 Å². The van der Waals surface area contributed by atoms with E-state index in [2.05, 4.69) is 39.6 Å². The standard InChI is InChI=1S/C12H18BrNOS/c1-8(12-5-10(13)7-16-12)14-11-4-2-3-9(11)6-15/h5,7-9,11,14-15H,2-4,6H2,1H3. The van der Waals surface area contributed by atoms with E-state index in [1.54, 1.807) is 11.3 Å². The predicted octanol–water partition coefficient (Wildman–Crippen LogP) is 3.32. The molecule has 1 saturated carbocycles. The average molecular weight is 304 g/mol. The van der Waals surface area contributed by atoms with Gasteiger partial charge in [0.2, 0.25) is 0 Å². The molecule has 2 nitrogen and oxygen atoms in total. The van der Waals surface area contributed by atoms with Gasteiger partial charge in [-0.3, -0.25) is 0 Å². The molecular formula is C12H18BrNOS. The summed E-state index contributed by atoms with van der Waals surface area (Å²) < 4.78 is 1.16. The Balaban J connectivity index is 1.94. The first-order valence-corrected chi connectivity index (χ1v) is 7.49. The van der Waals surface area contributed by atoms with Gasteiger partial charge in [-0.1, -0.05) is 6.42 Å².